The minimum absolute atomic E-state index is 0. The number of nitrogens with one attached hydrogen (secondary N) is 2. The third-order valence-electron chi connectivity index (χ3n) is 8.68. The van der Waals surface area contributed by atoms with E-state index in [1.165, 1.54) is 0 Å². The van der Waals surface area contributed by atoms with Gasteiger partial charge in [0.2, 0.25) is 0 Å². The van der Waals surface area contributed by atoms with E-state index in [1.54, 1.807) is 0 Å². The number of hydrogen-bond donors (Lipinski definition) is 2. The summed E-state index contributed by atoms with van der Waals surface area (Å²) in [6.45, 7) is 0. The number of fused-ring (bicyclic) bond motifs is 20. The van der Waals surface area contributed by atoms with Crippen LogP contribution in [0.5, 0.6) is 0 Å². The van der Waals surface area contributed by atoms with Crippen molar-refractivity contribution in [2.45, 2.75) is 0 Å². The van der Waals surface area contributed by atoms with Crippen molar-refractivity contribution in [2.75, 3.05) is 0 Å². The largest absolute Gasteiger partial charge is 0.324 e. The summed E-state index contributed by atoms with van der Waals surface area (Å²) in [5, 5.41) is -5.83. The van der Waals surface area contributed by atoms with Crippen molar-refractivity contribution in [3.8, 4) is 45.6 Å². The molecule has 2 aliphatic heterocycles. The number of benzene rings is 4. The molecule has 0 amide bonds. The van der Waals surface area contributed by atoms with Gasteiger partial charge in [-0.3, -0.25) is 0 Å². The summed E-state index contributed by atoms with van der Waals surface area (Å²) < 4.78 is 240. The third-order valence-corrected chi connectivity index (χ3v) is 8.68. The maximum absolute atomic E-state index is 15.4. The summed E-state index contributed by atoms with van der Waals surface area (Å²) in [6, 6.07) is 0. The molecule has 0 spiro atoms. The first-order chi connectivity index (χ1) is 26.4. The zero-order valence-electron chi connectivity index (χ0n) is 26.1. The Bertz CT molecular complexity index is 2820. The number of halogens is 16. The van der Waals surface area contributed by atoms with E-state index in [2.05, 4.69) is 29.9 Å². The second-order valence-electron chi connectivity index (χ2n) is 11.6. The van der Waals surface area contributed by atoms with Crippen LogP contribution in [-0.4, -0.2) is 39.9 Å². The fourth-order valence-electron chi connectivity index (χ4n) is 6.24. The Morgan fingerprint density at radius 3 is 0.596 bits per heavy atom. The van der Waals surface area contributed by atoms with Gasteiger partial charge in [0.1, 0.15) is 22.6 Å². The number of hydrogen-bond acceptors (Lipinski definition) is 6. The number of rotatable bonds is 0. The van der Waals surface area contributed by atoms with Crippen LogP contribution in [0, 0.1) is 93.1 Å². The summed E-state index contributed by atoms with van der Waals surface area (Å²) >= 11 is 0. The summed E-state index contributed by atoms with van der Waals surface area (Å²) in [5.74, 6) is -44.2. The predicted molar refractivity (Wildman–Crippen MR) is 155 cm³/mol. The van der Waals surface area contributed by atoms with Crippen molar-refractivity contribution in [2.24, 2.45) is 0 Å². The molecule has 290 valence electrons. The molecule has 0 unspecified atom stereocenters. The Morgan fingerprint density at radius 1 is 0.228 bits per heavy atom. The molecule has 25 heteroatoms. The molecule has 2 aliphatic rings. The molecule has 2 N–H and O–H groups in total. The Balaban J connectivity index is 0.00000455. The average Bonchev–Trinajstić information content (AvgIpc) is 3.92. The van der Waals surface area contributed by atoms with Crippen LogP contribution < -0.4 is 0 Å². The molecule has 5 heterocycles. The van der Waals surface area contributed by atoms with E-state index in [1.807, 2.05) is 9.97 Å². The second-order valence-corrected chi connectivity index (χ2v) is 11.6. The fraction of sp³-hybridized carbons (Fsp3) is 0. The number of aromatic nitrogens is 8. The molecule has 4 aromatic carbocycles. The van der Waals surface area contributed by atoms with Crippen LogP contribution in [0.15, 0.2) is 0 Å². The van der Waals surface area contributed by atoms with Gasteiger partial charge in [0.25, 0.3) is 0 Å². The molecule has 57 heavy (non-hydrogen) atoms. The summed E-state index contributed by atoms with van der Waals surface area (Å²) in [7, 11) is 0. The Hall–Kier alpha value is -6.36. The quantitative estimate of drug-likeness (QED) is 0.0682. The van der Waals surface area contributed by atoms with Crippen LogP contribution in [0.4, 0.5) is 70.2 Å². The minimum atomic E-state index is -2.53. The Kier molecular flexibility index (Phi) is 8.12. The van der Waals surface area contributed by atoms with Crippen LogP contribution in [0.25, 0.3) is 89.7 Å². The van der Waals surface area contributed by atoms with E-state index in [0.717, 1.165) is 0 Å². The van der Waals surface area contributed by atoms with Gasteiger partial charge >= 0.3 is 0 Å². The van der Waals surface area contributed by atoms with Gasteiger partial charge in [-0.25, -0.2) is 100 Å². The predicted octanol–water partition coefficient (Wildman–Crippen LogP) is 9.09. The van der Waals surface area contributed by atoms with Crippen LogP contribution in [0.2, 0.25) is 0 Å². The Labute approximate surface area is 309 Å². The van der Waals surface area contributed by atoms with Crippen molar-refractivity contribution in [3.05, 3.63) is 93.1 Å². The van der Waals surface area contributed by atoms with E-state index in [9.17, 15) is 35.1 Å². The fourth-order valence-corrected chi connectivity index (χ4v) is 6.24. The molecular formula is C32H2F16FeN8. The smallest absolute Gasteiger partial charge is 0.198 e. The van der Waals surface area contributed by atoms with E-state index < -0.39 is 183 Å². The van der Waals surface area contributed by atoms with E-state index in [0.29, 0.717) is 0 Å². The van der Waals surface area contributed by atoms with Gasteiger partial charge in [-0.1, -0.05) is 0 Å². The van der Waals surface area contributed by atoms with Crippen molar-refractivity contribution in [1.29, 1.82) is 0 Å². The summed E-state index contributed by atoms with van der Waals surface area (Å²) in [4.78, 5) is 25.5. The normalized spacial score (nSPS) is 12.1. The SMILES string of the molecule is Fc1c(F)c(F)c2c(c1F)-c1nc-2nc2[nH]c(nc3nc(nc4[nH]c(n1)c1c(F)c(F)c(F)c(F)c41)-c1c(F)c(F)c(F)c(F)c1-3)c1c(F)c(F)c(F)c(F)c21.[Fe]. The maximum Gasteiger partial charge on any atom is 0.198 e. The molecule has 0 radical (unpaired) electrons. The maximum atomic E-state index is 15.4. The van der Waals surface area contributed by atoms with Gasteiger partial charge < -0.3 is 9.97 Å². The number of aromatic amines is 2. The van der Waals surface area contributed by atoms with Gasteiger partial charge in [0, 0.05) is 17.1 Å². The molecule has 0 aliphatic carbocycles. The van der Waals surface area contributed by atoms with E-state index in [4.69, 9.17) is 0 Å². The molecule has 8 nitrogen and oxygen atoms in total. The van der Waals surface area contributed by atoms with Crippen LogP contribution in [0.3, 0.4) is 0 Å². The molecule has 7 aromatic rings. The molecule has 8 bridgehead atoms. The molecule has 0 atom stereocenters. The average molecular weight is 858 g/mol. The van der Waals surface area contributed by atoms with Crippen molar-refractivity contribution < 1.29 is 87.3 Å². The van der Waals surface area contributed by atoms with Gasteiger partial charge in [-0.2, -0.15) is 0 Å². The molecular weight excluding hydrogens is 856 g/mol. The standard InChI is InChI=1S/C32H2F16N8.Fe/c33-9-1-2(10(34)18(42)17(9)41)26-49-25(1)53-27-3-4(12(36)20(44)19(43)11(3)35)29(50-27)55-31-7-8(16(40)24(48)23(47)15(7)39)32(52-31)56-30-6-5(28(51-30)54-26)13(37)21(45)22(46)14(6)38;/h(H2,49,50,51,52,53,54,55,56);. The molecule has 3 aromatic heterocycles. The Morgan fingerprint density at radius 2 is 0.404 bits per heavy atom. The van der Waals surface area contributed by atoms with E-state index >= 15 is 35.1 Å². The molecule has 0 saturated carbocycles. The van der Waals surface area contributed by atoms with Gasteiger partial charge in [0.05, 0.1) is 43.8 Å². The molecule has 9 rings (SSSR count). The molecule has 0 saturated heterocycles. The zero-order chi connectivity index (χ0) is 40.1. The monoisotopic (exact) mass is 858 g/mol. The van der Waals surface area contributed by atoms with E-state index in [-0.39, 0.29) is 17.1 Å². The van der Waals surface area contributed by atoms with Crippen molar-refractivity contribution >= 4 is 44.1 Å². The van der Waals surface area contributed by atoms with Crippen LogP contribution in [0.1, 0.15) is 0 Å². The first-order valence-electron chi connectivity index (χ1n) is 14.7. The summed E-state index contributed by atoms with van der Waals surface area (Å²) in [5.41, 5.74) is -11.1. The molecule has 0 fully saturated rings. The van der Waals surface area contributed by atoms with Crippen molar-refractivity contribution in [1.82, 2.24) is 39.9 Å². The van der Waals surface area contributed by atoms with Crippen LogP contribution >= 0.6 is 0 Å². The first kappa shape index (κ1) is 37.6. The van der Waals surface area contributed by atoms with Gasteiger partial charge in [0.15, 0.2) is 116 Å². The minimum Gasteiger partial charge on any atom is -0.324 e. The van der Waals surface area contributed by atoms with Gasteiger partial charge in [-0.05, 0) is 0 Å². The number of H-pyrrole nitrogens is 2. The zero-order valence-corrected chi connectivity index (χ0v) is 27.2. The van der Waals surface area contributed by atoms with Crippen LogP contribution in [-0.2, 0) is 17.1 Å². The third kappa shape index (κ3) is 4.77. The second kappa shape index (κ2) is 12.3. The topological polar surface area (TPSA) is 109 Å². The first-order valence-corrected chi connectivity index (χ1v) is 14.7. The number of nitrogens with zero attached hydrogens (tertiary/aromatic N) is 6. The summed E-state index contributed by atoms with van der Waals surface area (Å²) in [6.07, 6.45) is 0. The van der Waals surface area contributed by atoms with Gasteiger partial charge in [-0.15, -0.1) is 0 Å². The van der Waals surface area contributed by atoms with Crippen molar-refractivity contribution in [3.63, 3.8) is 0 Å².